The lowest BCUT2D eigenvalue weighted by Gasteiger charge is -2.27. The highest BCUT2D eigenvalue weighted by atomic mass is 32.2. The fraction of sp³-hybridized carbons (Fsp3) is 0.280. The molecule has 0 amide bonds. The summed E-state index contributed by atoms with van der Waals surface area (Å²) in [6.45, 7) is 0.986. The molecule has 6 rings (SSSR count). The Morgan fingerprint density at radius 1 is 0.938 bits per heavy atom. The van der Waals surface area contributed by atoms with Gasteiger partial charge in [0.05, 0.1) is 24.3 Å². The number of hydrogen-bond acceptors (Lipinski definition) is 6. The summed E-state index contributed by atoms with van der Waals surface area (Å²) in [5, 5.41) is 0.333. The Kier molecular flexibility index (Phi) is 5.14. The Hall–Kier alpha value is -2.45. The molecule has 0 bridgehead atoms. The molecule has 0 N–H and O–H groups in total. The zero-order valence-electron chi connectivity index (χ0n) is 17.5. The van der Waals surface area contributed by atoms with Crippen LogP contribution in [0.25, 0.3) is 15.9 Å². The summed E-state index contributed by atoms with van der Waals surface area (Å²) in [5.74, 6) is 0. The molecule has 1 aliphatic carbocycles. The lowest BCUT2D eigenvalue weighted by Crippen LogP contribution is -2.27. The molecule has 1 saturated heterocycles. The SMILES string of the molecule is O=c1c2c3c(sc2nc(SC2(c4ccccc4)OCCO2)n1-c1ccccc1)CCCC3. The van der Waals surface area contributed by atoms with E-state index >= 15 is 0 Å². The van der Waals surface area contributed by atoms with Crippen molar-refractivity contribution < 1.29 is 9.47 Å². The Labute approximate surface area is 194 Å². The van der Waals surface area contributed by atoms with Gasteiger partial charge in [0, 0.05) is 10.4 Å². The predicted molar refractivity (Wildman–Crippen MR) is 128 cm³/mol. The van der Waals surface area contributed by atoms with Crippen molar-refractivity contribution in [1.82, 2.24) is 9.55 Å². The molecule has 0 atom stereocenters. The van der Waals surface area contributed by atoms with Crippen molar-refractivity contribution in [2.24, 2.45) is 0 Å². The van der Waals surface area contributed by atoms with Gasteiger partial charge in [0.1, 0.15) is 4.83 Å². The molecule has 4 aromatic rings. The monoisotopic (exact) mass is 462 g/mol. The van der Waals surface area contributed by atoms with E-state index in [1.807, 2.05) is 60.7 Å². The molecule has 0 unspecified atom stereocenters. The Bertz CT molecular complexity index is 1330. The minimum Gasteiger partial charge on any atom is -0.335 e. The first-order valence-electron chi connectivity index (χ1n) is 10.9. The van der Waals surface area contributed by atoms with Gasteiger partial charge in [-0.1, -0.05) is 48.5 Å². The molecule has 0 saturated carbocycles. The number of fused-ring (bicyclic) bond motifs is 3. The van der Waals surface area contributed by atoms with Crippen molar-refractivity contribution in [3.8, 4) is 5.69 Å². The average molecular weight is 463 g/mol. The summed E-state index contributed by atoms with van der Waals surface area (Å²) in [7, 11) is 0. The van der Waals surface area contributed by atoms with Crippen LogP contribution in [0.2, 0.25) is 0 Å². The first kappa shape index (κ1) is 20.2. The van der Waals surface area contributed by atoms with Crippen molar-refractivity contribution >= 4 is 33.3 Å². The molecule has 5 nitrogen and oxygen atoms in total. The minimum absolute atomic E-state index is 0.00990. The molecule has 2 aromatic carbocycles. The second-order valence-electron chi connectivity index (χ2n) is 7.98. The fourth-order valence-corrected chi connectivity index (χ4v) is 7.01. The van der Waals surface area contributed by atoms with E-state index in [1.54, 1.807) is 15.9 Å². The highest BCUT2D eigenvalue weighted by molar-refractivity contribution is 7.99. The van der Waals surface area contributed by atoms with E-state index in [-0.39, 0.29) is 5.56 Å². The van der Waals surface area contributed by atoms with Gasteiger partial charge in [0.2, 0.25) is 0 Å². The molecule has 32 heavy (non-hydrogen) atoms. The largest absolute Gasteiger partial charge is 0.335 e. The molecule has 0 spiro atoms. The van der Waals surface area contributed by atoms with Crippen LogP contribution in [0, 0.1) is 0 Å². The van der Waals surface area contributed by atoms with Crippen molar-refractivity contribution in [2.45, 2.75) is 36.0 Å². The van der Waals surface area contributed by atoms with Crippen LogP contribution in [0.4, 0.5) is 0 Å². The number of benzene rings is 2. The third kappa shape index (κ3) is 3.31. The lowest BCUT2D eigenvalue weighted by atomic mass is 9.97. The molecular formula is C25H22N2O3S2. The Morgan fingerprint density at radius 2 is 1.62 bits per heavy atom. The van der Waals surface area contributed by atoms with Crippen LogP contribution >= 0.6 is 23.1 Å². The van der Waals surface area contributed by atoms with Gasteiger partial charge in [-0.05, 0) is 55.1 Å². The van der Waals surface area contributed by atoms with Gasteiger partial charge in [0.15, 0.2) is 5.16 Å². The number of thioether (sulfide) groups is 1. The minimum atomic E-state index is -1.03. The Balaban J connectivity index is 1.58. The standard InChI is InChI=1S/C25H22N2O3S2/c28-23-21-19-13-7-8-14-20(19)31-22(21)26-24(27(23)18-11-5-2-6-12-18)32-25(29-15-16-30-25)17-9-3-1-4-10-17/h1-6,9-12H,7-8,13-16H2. The molecular weight excluding hydrogens is 440 g/mol. The highest BCUT2D eigenvalue weighted by Crippen LogP contribution is 2.46. The lowest BCUT2D eigenvalue weighted by molar-refractivity contribution is -0.0818. The number of aryl methyl sites for hydroxylation is 2. The zero-order valence-corrected chi connectivity index (χ0v) is 19.1. The predicted octanol–water partition coefficient (Wildman–Crippen LogP) is 5.28. The quantitative estimate of drug-likeness (QED) is 0.387. The van der Waals surface area contributed by atoms with Crippen molar-refractivity contribution in [2.75, 3.05) is 13.2 Å². The molecule has 2 aromatic heterocycles. The van der Waals surface area contributed by atoms with Gasteiger partial charge in [-0.15, -0.1) is 11.3 Å². The van der Waals surface area contributed by atoms with Gasteiger partial charge in [0.25, 0.3) is 10.7 Å². The number of rotatable bonds is 4. The van der Waals surface area contributed by atoms with E-state index in [9.17, 15) is 4.79 Å². The maximum atomic E-state index is 13.9. The van der Waals surface area contributed by atoms with Crippen molar-refractivity contribution in [1.29, 1.82) is 0 Å². The smallest absolute Gasteiger partial charge is 0.267 e. The summed E-state index contributed by atoms with van der Waals surface area (Å²) in [6, 6.07) is 19.6. The zero-order chi connectivity index (χ0) is 21.5. The first-order valence-corrected chi connectivity index (χ1v) is 12.5. The number of nitrogens with zero attached hydrogens (tertiary/aromatic N) is 2. The van der Waals surface area contributed by atoms with Crippen LogP contribution < -0.4 is 5.56 Å². The average Bonchev–Trinajstić information content (AvgIpc) is 3.46. The van der Waals surface area contributed by atoms with E-state index in [0.717, 1.165) is 40.7 Å². The van der Waals surface area contributed by atoms with Gasteiger partial charge in [-0.2, -0.15) is 0 Å². The van der Waals surface area contributed by atoms with Crippen LogP contribution in [0.5, 0.6) is 0 Å². The highest BCUT2D eigenvalue weighted by Gasteiger charge is 2.42. The third-order valence-electron chi connectivity index (χ3n) is 5.99. The first-order chi connectivity index (χ1) is 15.8. The van der Waals surface area contributed by atoms with Crippen LogP contribution in [0.15, 0.2) is 70.6 Å². The summed E-state index contributed by atoms with van der Waals surface area (Å²) >= 11 is 3.03. The van der Waals surface area contributed by atoms with Crippen molar-refractivity contribution in [3.63, 3.8) is 0 Å². The maximum Gasteiger partial charge on any atom is 0.267 e. The fourth-order valence-electron chi connectivity index (χ4n) is 4.50. The molecule has 3 heterocycles. The Morgan fingerprint density at radius 3 is 2.38 bits per heavy atom. The number of thiophene rings is 1. The van der Waals surface area contributed by atoms with E-state index in [2.05, 4.69) is 0 Å². The number of aromatic nitrogens is 2. The van der Waals surface area contributed by atoms with Crippen LogP contribution in [0.3, 0.4) is 0 Å². The van der Waals surface area contributed by atoms with Gasteiger partial charge in [-0.25, -0.2) is 4.98 Å². The van der Waals surface area contributed by atoms with Gasteiger partial charge >= 0.3 is 0 Å². The van der Waals surface area contributed by atoms with Crippen LogP contribution in [0.1, 0.15) is 28.8 Å². The number of hydrogen-bond donors (Lipinski definition) is 0. The van der Waals surface area contributed by atoms with E-state index < -0.39 is 5.12 Å². The summed E-state index contributed by atoms with van der Waals surface area (Å²) < 4.78 is 14.0. The van der Waals surface area contributed by atoms with E-state index in [1.165, 1.54) is 28.6 Å². The number of para-hydroxylation sites is 1. The van der Waals surface area contributed by atoms with Crippen molar-refractivity contribution in [3.05, 3.63) is 87.0 Å². The second-order valence-corrected chi connectivity index (χ2v) is 10.2. The summed E-state index contributed by atoms with van der Waals surface area (Å²) in [6.07, 6.45) is 4.28. The second kappa shape index (κ2) is 8.15. The van der Waals surface area contributed by atoms with E-state index in [0.29, 0.717) is 18.4 Å². The van der Waals surface area contributed by atoms with Gasteiger partial charge < -0.3 is 9.47 Å². The van der Waals surface area contributed by atoms with Gasteiger partial charge in [-0.3, -0.25) is 9.36 Å². The normalized spacial score (nSPS) is 17.5. The molecule has 1 fully saturated rings. The van der Waals surface area contributed by atoms with Crippen LogP contribution in [-0.2, 0) is 27.4 Å². The molecule has 7 heteroatoms. The molecule has 0 radical (unpaired) electrons. The van der Waals surface area contributed by atoms with Crippen LogP contribution in [-0.4, -0.2) is 22.8 Å². The van der Waals surface area contributed by atoms with E-state index in [4.69, 9.17) is 14.5 Å². The summed E-state index contributed by atoms with van der Waals surface area (Å²) in [5.41, 5.74) is 2.89. The number of ether oxygens (including phenoxy) is 2. The molecule has 2 aliphatic rings. The molecule has 1 aliphatic heterocycles. The summed E-state index contributed by atoms with van der Waals surface area (Å²) in [4.78, 5) is 21.1. The topological polar surface area (TPSA) is 53.4 Å². The maximum absolute atomic E-state index is 13.9. The molecule has 162 valence electrons. The third-order valence-corrected chi connectivity index (χ3v) is 8.38.